The van der Waals surface area contributed by atoms with E-state index in [4.69, 9.17) is 4.74 Å². The third-order valence-electron chi connectivity index (χ3n) is 7.64. The predicted octanol–water partition coefficient (Wildman–Crippen LogP) is 5.51. The molecule has 1 fully saturated rings. The largest absolute Gasteiger partial charge is 0.465 e. The molecular formula is C32H30N4O7S2. The highest BCUT2D eigenvalue weighted by molar-refractivity contribution is 8.23. The van der Waals surface area contributed by atoms with Crippen molar-refractivity contribution in [2.75, 3.05) is 7.11 Å². The van der Waals surface area contributed by atoms with Crippen molar-refractivity contribution < 1.29 is 31.8 Å². The van der Waals surface area contributed by atoms with Crippen molar-refractivity contribution >= 4 is 43.7 Å². The molecule has 1 unspecified atom stereocenters. The van der Waals surface area contributed by atoms with E-state index in [-0.39, 0.29) is 17.7 Å². The number of sulfonamides is 1. The van der Waals surface area contributed by atoms with Crippen LogP contribution in [0.4, 0.5) is 0 Å². The molecule has 1 saturated heterocycles. The Morgan fingerprint density at radius 2 is 1.69 bits per heavy atom. The van der Waals surface area contributed by atoms with Gasteiger partial charge >= 0.3 is 5.97 Å². The molecule has 2 heterocycles. The minimum Gasteiger partial charge on any atom is -0.465 e. The lowest BCUT2D eigenvalue weighted by Crippen LogP contribution is -2.31. The zero-order valence-corrected chi connectivity index (χ0v) is 25.6. The molecule has 0 saturated carbocycles. The molecule has 5 aromatic rings. The summed E-state index contributed by atoms with van der Waals surface area (Å²) in [5.74, 6) is -0.615. The summed E-state index contributed by atoms with van der Waals surface area (Å²) in [5.41, 5.74) is 4.53. The number of methoxy groups -OCH3 is 1. The zero-order chi connectivity index (χ0) is 31.8. The topological polar surface area (TPSA) is 171 Å². The molecule has 0 bridgehead atoms. The number of aromatic amines is 1. The van der Waals surface area contributed by atoms with Gasteiger partial charge < -0.3 is 9.72 Å². The number of esters is 1. The number of H-pyrrole nitrogens is 1. The first kappa shape index (κ1) is 30.5. The first-order chi connectivity index (χ1) is 21.5. The van der Waals surface area contributed by atoms with Gasteiger partial charge in [-0.1, -0.05) is 66.7 Å². The van der Waals surface area contributed by atoms with Crippen LogP contribution in [0.25, 0.3) is 22.2 Å². The Morgan fingerprint density at radius 1 is 1.00 bits per heavy atom. The SMILES string of the molecule is COC(=O)c1ccc2nc([C@H](Cc3ccc(C4CC(=O)NS4(O)O)cc3)NS(=O)(=O)c3ccc(-c4ccccc4)cc3)[nH]c2c1. The van der Waals surface area contributed by atoms with Crippen LogP contribution in [0.1, 0.15) is 45.0 Å². The number of amides is 1. The number of imidazole rings is 1. The van der Waals surface area contributed by atoms with Crippen LogP contribution in [0.5, 0.6) is 0 Å². The lowest BCUT2D eigenvalue weighted by atomic mass is 10.0. The fraction of sp³-hybridized carbons (Fsp3) is 0.156. The van der Waals surface area contributed by atoms with E-state index in [9.17, 15) is 27.1 Å². The summed E-state index contributed by atoms with van der Waals surface area (Å²) in [4.78, 5) is 31.7. The number of benzene rings is 4. The van der Waals surface area contributed by atoms with Crippen molar-refractivity contribution in [1.29, 1.82) is 0 Å². The van der Waals surface area contributed by atoms with Gasteiger partial charge in [0.15, 0.2) is 0 Å². The molecule has 0 aliphatic carbocycles. The van der Waals surface area contributed by atoms with E-state index in [0.717, 1.165) is 16.7 Å². The fourth-order valence-electron chi connectivity index (χ4n) is 5.32. The third kappa shape index (κ3) is 6.48. The van der Waals surface area contributed by atoms with E-state index in [1.165, 1.54) is 7.11 Å². The first-order valence-electron chi connectivity index (χ1n) is 13.9. The number of hydrogen-bond donors (Lipinski definition) is 5. The van der Waals surface area contributed by atoms with Crippen LogP contribution in [0.15, 0.2) is 102 Å². The van der Waals surface area contributed by atoms with Gasteiger partial charge in [-0.25, -0.2) is 22.9 Å². The van der Waals surface area contributed by atoms with Crippen LogP contribution in [-0.4, -0.2) is 46.5 Å². The molecule has 232 valence electrons. The highest BCUT2D eigenvalue weighted by atomic mass is 32.3. The minimum absolute atomic E-state index is 0.0420. The maximum absolute atomic E-state index is 13.7. The second-order valence-corrected chi connectivity index (χ2v) is 14.3. The Hall–Kier alpha value is -4.53. The summed E-state index contributed by atoms with van der Waals surface area (Å²) in [5, 5.41) is -0.772. The molecule has 1 aromatic heterocycles. The van der Waals surface area contributed by atoms with E-state index < -0.39 is 44.0 Å². The molecule has 1 aliphatic heterocycles. The summed E-state index contributed by atoms with van der Waals surface area (Å²) < 4.78 is 57.8. The Bertz CT molecular complexity index is 1980. The van der Waals surface area contributed by atoms with Gasteiger partial charge in [-0.05, 0) is 59.0 Å². The molecule has 0 radical (unpaired) electrons. The van der Waals surface area contributed by atoms with Crippen molar-refractivity contribution in [2.45, 2.75) is 29.0 Å². The van der Waals surface area contributed by atoms with Gasteiger partial charge in [0.2, 0.25) is 15.9 Å². The second kappa shape index (κ2) is 12.1. The molecule has 1 amide bonds. The molecule has 0 spiro atoms. The Labute approximate surface area is 261 Å². The van der Waals surface area contributed by atoms with Crippen molar-refractivity contribution in [1.82, 2.24) is 19.4 Å². The number of aromatic nitrogens is 2. The lowest BCUT2D eigenvalue weighted by molar-refractivity contribution is -0.118. The van der Waals surface area contributed by atoms with Crippen LogP contribution in [0.2, 0.25) is 0 Å². The average molecular weight is 647 g/mol. The number of nitrogens with one attached hydrogen (secondary N) is 3. The van der Waals surface area contributed by atoms with Gasteiger partial charge in [-0.2, -0.15) is 0 Å². The van der Waals surface area contributed by atoms with Crippen LogP contribution >= 0.6 is 10.8 Å². The highest BCUT2D eigenvalue weighted by Crippen LogP contribution is 2.56. The van der Waals surface area contributed by atoms with E-state index in [1.54, 1.807) is 66.7 Å². The number of carbonyl (C=O) groups is 2. The van der Waals surface area contributed by atoms with Gasteiger partial charge in [0.1, 0.15) is 11.1 Å². The molecule has 4 aromatic carbocycles. The molecular weight excluding hydrogens is 617 g/mol. The Balaban J connectivity index is 1.31. The summed E-state index contributed by atoms with van der Waals surface area (Å²) in [7, 11) is -6.05. The van der Waals surface area contributed by atoms with Gasteiger partial charge in [0, 0.05) is 0 Å². The van der Waals surface area contributed by atoms with Gasteiger partial charge in [-0.15, -0.1) is 10.8 Å². The van der Waals surface area contributed by atoms with Crippen molar-refractivity contribution in [3.8, 4) is 11.1 Å². The zero-order valence-electron chi connectivity index (χ0n) is 24.0. The number of fused-ring (bicyclic) bond motifs is 1. The Kier molecular flexibility index (Phi) is 8.20. The van der Waals surface area contributed by atoms with Gasteiger partial charge in [-0.3, -0.25) is 18.6 Å². The highest BCUT2D eigenvalue weighted by Gasteiger charge is 2.38. The second-order valence-electron chi connectivity index (χ2n) is 10.7. The summed E-state index contributed by atoms with van der Waals surface area (Å²) in [6, 6.07) is 27.1. The molecule has 45 heavy (non-hydrogen) atoms. The van der Waals surface area contributed by atoms with E-state index in [0.29, 0.717) is 28.0 Å². The quantitative estimate of drug-likeness (QED) is 0.131. The molecule has 1 aliphatic rings. The van der Waals surface area contributed by atoms with Crippen LogP contribution in [0, 0.1) is 0 Å². The summed E-state index contributed by atoms with van der Waals surface area (Å²) in [6.07, 6.45) is 0.142. The molecule has 13 heteroatoms. The van der Waals surface area contributed by atoms with Crippen LogP contribution in [0.3, 0.4) is 0 Å². The average Bonchev–Trinajstić information content (AvgIpc) is 3.59. The van der Waals surface area contributed by atoms with E-state index in [1.807, 2.05) is 30.3 Å². The van der Waals surface area contributed by atoms with Gasteiger partial charge in [0.25, 0.3) is 0 Å². The number of nitrogens with zero attached hydrogens (tertiary/aromatic N) is 1. The summed E-state index contributed by atoms with van der Waals surface area (Å²) >= 11 is 0. The standard InChI is InChI=1S/C32H30N4O7S2/c1-43-32(38)24-13-16-26-27(18-24)34-31(33-26)28(17-20-7-9-23(10-8-20)29-19-30(37)36-45(29,41)42)35-44(39,40)25-14-11-22(12-15-25)21-5-3-2-4-6-21/h2-16,18,28-29,35,41-42H,17,19H2,1H3,(H,33,34)(H,36,37)/t28-,29?/m0/s1. The monoisotopic (exact) mass is 646 g/mol. The van der Waals surface area contributed by atoms with E-state index in [2.05, 4.69) is 19.4 Å². The van der Waals surface area contributed by atoms with Crippen molar-refractivity contribution in [3.05, 3.63) is 120 Å². The maximum Gasteiger partial charge on any atom is 0.337 e. The summed E-state index contributed by atoms with van der Waals surface area (Å²) in [6.45, 7) is 0. The van der Waals surface area contributed by atoms with Gasteiger partial charge in [0.05, 0.1) is 41.1 Å². The van der Waals surface area contributed by atoms with E-state index >= 15 is 0 Å². The van der Waals surface area contributed by atoms with Crippen LogP contribution in [-0.2, 0) is 26.0 Å². The number of carbonyl (C=O) groups excluding carboxylic acids is 2. The first-order valence-corrected chi connectivity index (χ1v) is 17.0. The smallest absolute Gasteiger partial charge is 0.337 e. The van der Waals surface area contributed by atoms with Crippen molar-refractivity contribution in [2.24, 2.45) is 0 Å². The third-order valence-corrected chi connectivity index (χ3v) is 10.9. The normalized spacial score (nSPS) is 17.5. The molecule has 5 N–H and O–H groups in total. The maximum atomic E-state index is 13.7. The Morgan fingerprint density at radius 3 is 2.33 bits per heavy atom. The van der Waals surface area contributed by atoms with Crippen molar-refractivity contribution in [3.63, 3.8) is 0 Å². The minimum atomic E-state index is -4.03. The number of rotatable bonds is 9. The number of hydrogen-bond acceptors (Lipinski definition) is 8. The fourth-order valence-corrected chi connectivity index (χ4v) is 8.00. The molecule has 2 atom stereocenters. The number of ether oxygens (including phenoxy) is 1. The van der Waals surface area contributed by atoms with Crippen LogP contribution < -0.4 is 9.44 Å². The lowest BCUT2D eigenvalue weighted by Gasteiger charge is -2.32. The molecule has 11 nitrogen and oxygen atoms in total. The predicted molar refractivity (Wildman–Crippen MR) is 171 cm³/mol. The molecule has 6 rings (SSSR count).